The van der Waals surface area contributed by atoms with Crippen molar-refractivity contribution in [3.8, 4) is 17.2 Å². The summed E-state index contributed by atoms with van der Waals surface area (Å²) < 4.78 is 11.6. The molecule has 0 aromatic heterocycles. The fraction of sp³-hybridized carbons (Fsp3) is 0.143. The zero-order valence-electron chi connectivity index (χ0n) is 11.0. The van der Waals surface area contributed by atoms with E-state index >= 15 is 0 Å². The molecule has 0 fully saturated rings. The van der Waals surface area contributed by atoms with Crippen LogP contribution in [0.2, 0.25) is 5.02 Å². The molecule has 2 aromatic rings. The first-order valence-electron chi connectivity index (χ1n) is 6.06. The molecule has 0 radical (unpaired) electrons. The molecule has 2 rings (SSSR count). The van der Waals surface area contributed by atoms with Gasteiger partial charge in [-0.15, -0.1) is 0 Å². The van der Waals surface area contributed by atoms with Crippen molar-refractivity contribution in [2.45, 2.75) is 6.92 Å². The molecule has 0 aliphatic carbocycles. The Morgan fingerprint density at radius 1 is 1.24 bits per heavy atom. The number of ether oxygens (including phenoxy) is 2. The highest BCUT2D eigenvalue weighted by molar-refractivity contribution is 9.10. The van der Waals surface area contributed by atoms with E-state index in [1.54, 1.807) is 31.2 Å². The SMILES string of the molecule is CCOc1cccc(Oc2cc(Br)ccc2Cl)c1[N+](=O)[O-]. The highest BCUT2D eigenvalue weighted by Crippen LogP contribution is 2.41. The van der Waals surface area contributed by atoms with Crippen LogP contribution in [-0.4, -0.2) is 11.5 Å². The molecule has 0 amide bonds. The van der Waals surface area contributed by atoms with Crippen molar-refractivity contribution in [1.82, 2.24) is 0 Å². The van der Waals surface area contributed by atoms with E-state index in [2.05, 4.69) is 15.9 Å². The molecular formula is C14H11BrClNO4. The summed E-state index contributed by atoms with van der Waals surface area (Å²) in [5.41, 5.74) is -0.226. The highest BCUT2D eigenvalue weighted by Gasteiger charge is 2.23. The maximum atomic E-state index is 11.3. The average molecular weight is 373 g/mol. The van der Waals surface area contributed by atoms with Gasteiger partial charge < -0.3 is 9.47 Å². The normalized spacial score (nSPS) is 10.2. The van der Waals surface area contributed by atoms with Gasteiger partial charge in [-0.1, -0.05) is 33.6 Å². The Hall–Kier alpha value is -1.79. The van der Waals surface area contributed by atoms with Crippen molar-refractivity contribution < 1.29 is 14.4 Å². The van der Waals surface area contributed by atoms with Gasteiger partial charge in [0.05, 0.1) is 16.6 Å². The van der Waals surface area contributed by atoms with Gasteiger partial charge in [-0.2, -0.15) is 0 Å². The number of para-hydroxylation sites is 1. The zero-order valence-corrected chi connectivity index (χ0v) is 13.3. The van der Waals surface area contributed by atoms with Crippen LogP contribution >= 0.6 is 27.5 Å². The zero-order chi connectivity index (χ0) is 15.4. The maximum absolute atomic E-state index is 11.3. The van der Waals surface area contributed by atoms with Crippen molar-refractivity contribution in [2.24, 2.45) is 0 Å². The number of nitro benzene ring substituents is 1. The lowest BCUT2D eigenvalue weighted by molar-refractivity contribution is -0.386. The number of rotatable bonds is 5. The molecule has 2 aromatic carbocycles. The lowest BCUT2D eigenvalue weighted by atomic mass is 10.2. The van der Waals surface area contributed by atoms with Crippen LogP contribution in [0.1, 0.15) is 6.92 Å². The van der Waals surface area contributed by atoms with Crippen LogP contribution in [0.25, 0.3) is 0 Å². The molecule has 0 aliphatic heterocycles. The summed E-state index contributed by atoms with van der Waals surface area (Å²) in [5, 5.41) is 11.6. The second kappa shape index (κ2) is 6.78. The number of hydrogen-bond donors (Lipinski definition) is 0. The van der Waals surface area contributed by atoms with Crippen molar-refractivity contribution in [1.29, 1.82) is 0 Å². The molecule has 0 unspecified atom stereocenters. The summed E-state index contributed by atoms with van der Waals surface area (Å²) in [7, 11) is 0. The van der Waals surface area contributed by atoms with E-state index in [0.29, 0.717) is 17.4 Å². The largest absolute Gasteiger partial charge is 0.487 e. The first kappa shape index (κ1) is 15.6. The van der Waals surface area contributed by atoms with Crippen LogP contribution in [0.3, 0.4) is 0 Å². The van der Waals surface area contributed by atoms with Gasteiger partial charge >= 0.3 is 5.69 Å². The Morgan fingerprint density at radius 3 is 2.62 bits per heavy atom. The molecule has 0 saturated heterocycles. The van der Waals surface area contributed by atoms with E-state index in [9.17, 15) is 10.1 Å². The van der Waals surface area contributed by atoms with E-state index in [4.69, 9.17) is 21.1 Å². The summed E-state index contributed by atoms with van der Waals surface area (Å²) in [5.74, 6) is 0.555. The van der Waals surface area contributed by atoms with Crippen LogP contribution in [0.5, 0.6) is 17.2 Å². The van der Waals surface area contributed by atoms with Gasteiger partial charge in [-0.25, -0.2) is 0 Å². The molecule has 0 bridgehead atoms. The van der Waals surface area contributed by atoms with Gasteiger partial charge in [0, 0.05) is 4.47 Å². The number of benzene rings is 2. The molecule has 0 heterocycles. The molecule has 21 heavy (non-hydrogen) atoms. The summed E-state index contributed by atoms with van der Waals surface area (Å²) in [6.07, 6.45) is 0. The molecule has 0 spiro atoms. The molecule has 110 valence electrons. The Labute approximate surface area is 134 Å². The highest BCUT2D eigenvalue weighted by atomic mass is 79.9. The Kier molecular flexibility index (Phi) is 5.03. The summed E-state index contributed by atoms with van der Waals surface area (Å²) >= 11 is 9.33. The van der Waals surface area contributed by atoms with Crippen molar-refractivity contribution >= 4 is 33.2 Å². The second-order valence-electron chi connectivity index (χ2n) is 3.97. The molecule has 5 nitrogen and oxygen atoms in total. The van der Waals surface area contributed by atoms with E-state index < -0.39 is 4.92 Å². The maximum Gasteiger partial charge on any atom is 0.352 e. The molecular weight excluding hydrogens is 362 g/mol. The predicted molar refractivity (Wildman–Crippen MR) is 83.5 cm³/mol. The third kappa shape index (κ3) is 3.65. The van der Waals surface area contributed by atoms with E-state index in [1.165, 1.54) is 12.1 Å². The van der Waals surface area contributed by atoms with Gasteiger partial charge in [0.2, 0.25) is 11.5 Å². The van der Waals surface area contributed by atoms with Crippen LogP contribution in [0.4, 0.5) is 5.69 Å². The minimum atomic E-state index is -0.535. The first-order chi connectivity index (χ1) is 10.0. The van der Waals surface area contributed by atoms with E-state index in [1.807, 2.05) is 0 Å². The van der Waals surface area contributed by atoms with Crippen LogP contribution in [0.15, 0.2) is 40.9 Å². The third-order valence-electron chi connectivity index (χ3n) is 2.56. The molecule has 0 aliphatic rings. The lowest BCUT2D eigenvalue weighted by Gasteiger charge is -2.11. The standard InChI is InChI=1S/C14H11BrClNO4/c1-2-20-11-4-3-5-12(14(11)17(18)19)21-13-8-9(15)6-7-10(13)16/h3-8H,2H2,1H3. The third-order valence-corrected chi connectivity index (χ3v) is 3.36. The molecule has 0 saturated carbocycles. The predicted octanol–water partition coefficient (Wildman–Crippen LogP) is 5.20. The summed E-state index contributed by atoms with van der Waals surface area (Å²) in [6.45, 7) is 2.07. The van der Waals surface area contributed by atoms with Crippen LogP contribution in [-0.2, 0) is 0 Å². The Bertz CT molecular complexity index is 678. The van der Waals surface area contributed by atoms with Gasteiger partial charge in [-0.05, 0) is 37.3 Å². The number of nitrogens with zero attached hydrogens (tertiary/aromatic N) is 1. The fourth-order valence-corrected chi connectivity index (χ4v) is 2.21. The fourth-order valence-electron chi connectivity index (χ4n) is 1.71. The van der Waals surface area contributed by atoms with Gasteiger partial charge in [0.25, 0.3) is 0 Å². The number of nitro groups is 1. The van der Waals surface area contributed by atoms with Gasteiger partial charge in [0.1, 0.15) is 5.75 Å². The van der Waals surface area contributed by atoms with Crippen LogP contribution < -0.4 is 9.47 Å². The Balaban J connectivity index is 2.46. The van der Waals surface area contributed by atoms with E-state index in [0.717, 1.165) is 4.47 Å². The molecule has 0 N–H and O–H groups in total. The number of halogens is 2. The average Bonchev–Trinajstić information content (AvgIpc) is 2.43. The smallest absolute Gasteiger partial charge is 0.352 e. The summed E-state index contributed by atoms with van der Waals surface area (Å²) in [4.78, 5) is 10.7. The topological polar surface area (TPSA) is 61.6 Å². The minimum Gasteiger partial charge on any atom is -0.487 e. The molecule has 7 heteroatoms. The van der Waals surface area contributed by atoms with Gasteiger partial charge in [0.15, 0.2) is 0 Å². The number of hydrogen-bond acceptors (Lipinski definition) is 4. The minimum absolute atomic E-state index is 0.0750. The van der Waals surface area contributed by atoms with Crippen molar-refractivity contribution in [3.63, 3.8) is 0 Å². The van der Waals surface area contributed by atoms with Crippen molar-refractivity contribution in [3.05, 3.63) is 56.0 Å². The Morgan fingerprint density at radius 2 is 1.95 bits per heavy atom. The summed E-state index contributed by atoms with van der Waals surface area (Å²) in [6, 6.07) is 9.67. The lowest BCUT2D eigenvalue weighted by Crippen LogP contribution is -1.99. The van der Waals surface area contributed by atoms with Crippen molar-refractivity contribution in [2.75, 3.05) is 6.61 Å². The van der Waals surface area contributed by atoms with Crippen LogP contribution in [0, 0.1) is 10.1 Å². The van der Waals surface area contributed by atoms with Gasteiger partial charge in [-0.3, -0.25) is 10.1 Å². The quantitative estimate of drug-likeness (QED) is 0.534. The molecule has 0 atom stereocenters. The first-order valence-corrected chi connectivity index (χ1v) is 7.23. The van der Waals surface area contributed by atoms with E-state index in [-0.39, 0.29) is 17.2 Å². The second-order valence-corrected chi connectivity index (χ2v) is 5.29. The monoisotopic (exact) mass is 371 g/mol.